The van der Waals surface area contributed by atoms with Crippen molar-refractivity contribution in [2.45, 2.75) is 12.5 Å². The highest BCUT2D eigenvalue weighted by molar-refractivity contribution is 7.99. The molecule has 78 valence electrons. The fourth-order valence-corrected chi connectivity index (χ4v) is 1.56. The van der Waals surface area contributed by atoms with E-state index in [9.17, 15) is 9.90 Å². The first-order valence-electron chi connectivity index (χ1n) is 4.02. The van der Waals surface area contributed by atoms with Crippen molar-refractivity contribution in [1.29, 1.82) is 0 Å². The summed E-state index contributed by atoms with van der Waals surface area (Å²) in [7, 11) is 2.91. The number of aliphatic hydroxyl groups excluding tert-OH is 1. The van der Waals surface area contributed by atoms with Crippen molar-refractivity contribution in [2.75, 3.05) is 32.3 Å². The minimum absolute atomic E-state index is 0.214. The smallest absolute Gasteiger partial charge is 0.306 e. The van der Waals surface area contributed by atoms with Crippen LogP contribution >= 0.6 is 11.8 Å². The number of carbonyl (C=O) groups excluding carboxylic acids is 1. The highest BCUT2D eigenvalue weighted by atomic mass is 32.2. The predicted octanol–water partition coefficient (Wildman–Crippen LogP) is 0.290. The summed E-state index contributed by atoms with van der Waals surface area (Å²) in [6.45, 7) is 0.339. The van der Waals surface area contributed by atoms with Crippen molar-refractivity contribution in [1.82, 2.24) is 0 Å². The number of rotatable bonds is 7. The summed E-state index contributed by atoms with van der Waals surface area (Å²) >= 11 is 1.51. The van der Waals surface area contributed by atoms with Crippen LogP contribution < -0.4 is 0 Å². The van der Waals surface area contributed by atoms with Gasteiger partial charge in [0.05, 0.1) is 26.2 Å². The van der Waals surface area contributed by atoms with Gasteiger partial charge in [-0.15, -0.1) is 0 Å². The zero-order valence-corrected chi connectivity index (χ0v) is 8.80. The maximum absolute atomic E-state index is 10.7. The van der Waals surface area contributed by atoms with E-state index in [4.69, 9.17) is 4.74 Å². The van der Waals surface area contributed by atoms with Gasteiger partial charge in [0.15, 0.2) is 0 Å². The van der Waals surface area contributed by atoms with Gasteiger partial charge in [0.1, 0.15) is 0 Å². The highest BCUT2D eigenvalue weighted by Crippen LogP contribution is 2.05. The zero-order chi connectivity index (χ0) is 10.1. The normalized spacial score (nSPS) is 12.5. The van der Waals surface area contributed by atoms with E-state index in [2.05, 4.69) is 4.74 Å². The number of ether oxygens (including phenoxy) is 2. The Bertz CT molecular complexity index is 140. The molecule has 0 aromatic rings. The maximum Gasteiger partial charge on any atom is 0.306 e. The van der Waals surface area contributed by atoms with Gasteiger partial charge in [0.25, 0.3) is 0 Å². The third kappa shape index (κ3) is 8.08. The molecule has 0 heterocycles. The van der Waals surface area contributed by atoms with E-state index in [0.717, 1.165) is 0 Å². The van der Waals surface area contributed by atoms with Crippen molar-refractivity contribution in [3.8, 4) is 0 Å². The molecule has 0 aliphatic carbocycles. The van der Waals surface area contributed by atoms with Crippen LogP contribution in [0.15, 0.2) is 0 Å². The lowest BCUT2D eigenvalue weighted by atomic mass is 10.4. The monoisotopic (exact) mass is 208 g/mol. The van der Waals surface area contributed by atoms with Crippen LogP contribution in [0.3, 0.4) is 0 Å². The van der Waals surface area contributed by atoms with Crippen molar-refractivity contribution in [2.24, 2.45) is 0 Å². The topological polar surface area (TPSA) is 55.8 Å². The lowest BCUT2D eigenvalue weighted by molar-refractivity contribution is -0.140. The molecule has 1 unspecified atom stereocenters. The molecule has 0 saturated heterocycles. The summed E-state index contributed by atoms with van der Waals surface area (Å²) < 4.78 is 9.21. The molecule has 13 heavy (non-hydrogen) atoms. The molecule has 0 aliphatic rings. The molecule has 0 spiro atoms. The van der Waals surface area contributed by atoms with Gasteiger partial charge in [0, 0.05) is 18.6 Å². The molecule has 0 amide bonds. The van der Waals surface area contributed by atoms with Gasteiger partial charge in [-0.3, -0.25) is 4.79 Å². The summed E-state index contributed by atoms with van der Waals surface area (Å²) in [6, 6.07) is 0. The average molecular weight is 208 g/mol. The summed E-state index contributed by atoms with van der Waals surface area (Å²) in [5, 5.41) is 9.21. The van der Waals surface area contributed by atoms with E-state index in [1.807, 2.05) is 0 Å². The first-order chi connectivity index (χ1) is 6.20. The minimum Gasteiger partial charge on any atom is -0.469 e. The van der Waals surface area contributed by atoms with Gasteiger partial charge in [-0.1, -0.05) is 0 Å². The van der Waals surface area contributed by atoms with Crippen molar-refractivity contribution >= 4 is 17.7 Å². The molecule has 5 heteroatoms. The standard InChI is InChI=1S/C8H16O4S/c1-11-5-7(9)6-13-4-3-8(10)12-2/h7,9H,3-6H2,1-2H3. The Labute approximate surface area is 82.6 Å². The molecular formula is C8H16O4S. The second-order valence-corrected chi connectivity index (χ2v) is 3.66. The Balaban J connectivity index is 3.20. The number of methoxy groups -OCH3 is 2. The molecule has 0 fully saturated rings. The van der Waals surface area contributed by atoms with Gasteiger partial charge in [0.2, 0.25) is 0 Å². The average Bonchev–Trinajstić information content (AvgIpc) is 2.12. The van der Waals surface area contributed by atoms with Crippen LogP contribution in [-0.4, -0.2) is 49.5 Å². The fraction of sp³-hybridized carbons (Fsp3) is 0.875. The molecule has 4 nitrogen and oxygen atoms in total. The van der Waals surface area contributed by atoms with E-state index >= 15 is 0 Å². The van der Waals surface area contributed by atoms with Crippen LogP contribution in [0.25, 0.3) is 0 Å². The first kappa shape index (κ1) is 12.7. The number of thioether (sulfide) groups is 1. The molecule has 0 radical (unpaired) electrons. The van der Waals surface area contributed by atoms with Crippen LogP contribution in [-0.2, 0) is 14.3 Å². The molecule has 1 N–H and O–H groups in total. The van der Waals surface area contributed by atoms with Gasteiger partial charge in [-0.25, -0.2) is 0 Å². The third-order valence-electron chi connectivity index (χ3n) is 1.35. The number of hydrogen-bond donors (Lipinski definition) is 1. The van der Waals surface area contributed by atoms with Crippen molar-refractivity contribution in [3.05, 3.63) is 0 Å². The van der Waals surface area contributed by atoms with E-state index in [0.29, 0.717) is 24.5 Å². The second kappa shape index (κ2) is 8.34. The molecular weight excluding hydrogens is 192 g/mol. The van der Waals surface area contributed by atoms with E-state index in [1.54, 1.807) is 7.11 Å². The quantitative estimate of drug-likeness (QED) is 0.481. The van der Waals surface area contributed by atoms with Crippen LogP contribution in [0.5, 0.6) is 0 Å². The Hall–Kier alpha value is -0.260. The summed E-state index contributed by atoms with van der Waals surface area (Å²) in [5.74, 6) is 1.05. The SMILES string of the molecule is COCC(O)CSCCC(=O)OC. The predicted molar refractivity (Wildman–Crippen MR) is 51.8 cm³/mol. The number of aliphatic hydroxyl groups is 1. The van der Waals surface area contributed by atoms with Crippen LogP contribution in [0.4, 0.5) is 0 Å². The van der Waals surface area contributed by atoms with Crippen LogP contribution in [0, 0.1) is 0 Å². The lowest BCUT2D eigenvalue weighted by Crippen LogP contribution is -2.17. The number of carbonyl (C=O) groups is 1. The highest BCUT2D eigenvalue weighted by Gasteiger charge is 2.04. The van der Waals surface area contributed by atoms with E-state index in [1.165, 1.54) is 18.9 Å². The molecule has 0 aliphatic heterocycles. The number of esters is 1. The molecule has 0 aromatic heterocycles. The summed E-state index contributed by atoms with van der Waals surface area (Å²) in [5.41, 5.74) is 0. The van der Waals surface area contributed by atoms with Crippen molar-refractivity contribution < 1.29 is 19.4 Å². The third-order valence-corrected chi connectivity index (χ3v) is 2.46. The second-order valence-electron chi connectivity index (χ2n) is 2.51. The van der Waals surface area contributed by atoms with Crippen molar-refractivity contribution in [3.63, 3.8) is 0 Å². The van der Waals surface area contributed by atoms with Gasteiger partial charge >= 0.3 is 5.97 Å². The molecule has 0 rings (SSSR count). The Morgan fingerprint density at radius 3 is 2.77 bits per heavy atom. The van der Waals surface area contributed by atoms with Crippen LogP contribution in [0.2, 0.25) is 0 Å². The summed E-state index contributed by atoms with van der Waals surface area (Å²) in [4.78, 5) is 10.7. The van der Waals surface area contributed by atoms with E-state index in [-0.39, 0.29) is 5.97 Å². The molecule has 0 bridgehead atoms. The lowest BCUT2D eigenvalue weighted by Gasteiger charge is -2.07. The summed E-state index contributed by atoms with van der Waals surface area (Å²) in [6.07, 6.45) is -0.0615. The van der Waals surface area contributed by atoms with Crippen LogP contribution in [0.1, 0.15) is 6.42 Å². The Morgan fingerprint density at radius 2 is 2.23 bits per heavy atom. The molecule has 0 aromatic carbocycles. The Morgan fingerprint density at radius 1 is 1.54 bits per heavy atom. The van der Waals surface area contributed by atoms with Gasteiger partial charge < -0.3 is 14.6 Å². The maximum atomic E-state index is 10.7. The molecule has 0 saturated carbocycles. The van der Waals surface area contributed by atoms with Gasteiger partial charge in [-0.2, -0.15) is 11.8 Å². The van der Waals surface area contributed by atoms with E-state index < -0.39 is 6.10 Å². The largest absolute Gasteiger partial charge is 0.469 e. The first-order valence-corrected chi connectivity index (χ1v) is 5.17. The zero-order valence-electron chi connectivity index (χ0n) is 7.99. The molecule has 1 atom stereocenters. The fourth-order valence-electron chi connectivity index (χ4n) is 0.717. The number of hydrogen-bond acceptors (Lipinski definition) is 5. The minimum atomic E-state index is -0.451. The van der Waals surface area contributed by atoms with Gasteiger partial charge in [-0.05, 0) is 0 Å². The Kier molecular flexibility index (Phi) is 8.18.